The Morgan fingerprint density at radius 2 is 1.82 bits per heavy atom. The Kier molecular flexibility index (Phi) is 5.64. The highest BCUT2D eigenvalue weighted by Gasteiger charge is 2.49. The molecule has 0 radical (unpaired) electrons. The Labute approximate surface area is 195 Å². The lowest BCUT2D eigenvalue weighted by Crippen LogP contribution is -2.43. The van der Waals surface area contributed by atoms with Gasteiger partial charge in [0.25, 0.3) is 5.91 Å². The molecule has 176 valence electrons. The fourth-order valence-corrected chi connectivity index (χ4v) is 4.75. The minimum Gasteiger partial charge on any atom is -0.497 e. The molecule has 0 bridgehead atoms. The van der Waals surface area contributed by atoms with Gasteiger partial charge in [-0.15, -0.1) is 0 Å². The molecule has 3 aliphatic rings. The highest BCUT2D eigenvalue weighted by molar-refractivity contribution is 6.45. The normalized spacial score (nSPS) is 21.1. The van der Waals surface area contributed by atoms with Gasteiger partial charge in [-0.1, -0.05) is 12.8 Å². The van der Waals surface area contributed by atoms with Crippen molar-refractivity contribution in [3.63, 3.8) is 0 Å². The Hall–Kier alpha value is -3.95. The molecule has 1 saturated heterocycles. The van der Waals surface area contributed by atoms with Crippen LogP contribution in [-0.2, 0) is 14.4 Å². The average Bonchev–Trinajstić information content (AvgIpc) is 3.64. The topological polar surface area (TPSA) is 113 Å². The molecule has 0 N–H and O–H groups in total. The second-order valence-electron chi connectivity index (χ2n) is 8.54. The zero-order valence-corrected chi connectivity index (χ0v) is 18.7. The van der Waals surface area contributed by atoms with E-state index in [4.69, 9.17) is 9.15 Å². The third-order valence-electron chi connectivity index (χ3n) is 6.53. The van der Waals surface area contributed by atoms with Crippen LogP contribution in [0, 0.1) is 0 Å². The molecule has 2 fully saturated rings. The van der Waals surface area contributed by atoms with Crippen molar-refractivity contribution in [1.82, 2.24) is 14.8 Å². The number of nitrogens with zero attached hydrogens (tertiary/aromatic N) is 4. The highest BCUT2D eigenvalue weighted by atomic mass is 16.5. The van der Waals surface area contributed by atoms with E-state index in [9.17, 15) is 19.2 Å². The zero-order valence-electron chi connectivity index (χ0n) is 18.7. The first-order chi connectivity index (χ1) is 16.5. The third kappa shape index (κ3) is 3.74. The van der Waals surface area contributed by atoms with Crippen LogP contribution in [0.3, 0.4) is 0 Å². The van der Waals surface area contributed by atoms with Crippen molar-refractivity contribution in [2.45, 2.75) is 44.2 Å². The summed E-state index contributed by atoms with van der Waals surface area (Å²) in [7, 11) is 1.58. The molecule has 1 aliphatic carbocycles. The summed E-state index contributed by atoms with van der Waals surface area (Å²) < 4.78 is 10.7. The standard InChI is InChI=1S/C24H24N4O6/c1-33-17-10-8-15(9-11-17)18-13-19(20-7-4-12-34-20)28(25-18)21(29)14-26-22(30)23(31)27(24(26)32)16-5-2-3-6-16/h4,7-12,16,19H,2-3,5-6,13-14H2,1H3/t19-/m0/s1. The molecule has 5 rings (SSSR count). The van der Waals surface area contributed by atoms with Crippen molar-refractivity contribution < 1.29 is 28.3 Å². The van der Waals surface area contributed by atoms with Gasteiger partial charge in [0.2, 0.25) is 0 Å². The monoisotopic (exact) mass is 464 g/mol. The molecular formula is C24H24N4O6. The van der Waals surface area contributed by atoms with Crippen LogP contribution in [0.2, 0.25) is 0 Å². The van der Waals surface area contributed by atoms with Gasteiger partial charge in [0.1, 0.15) is 24.1 Å². The largest absolute Gasteiger partial charge is 0.497 e. The average molecular weight is 464 g/mol. The van der Waals surface area contributed by atoms with Gasteiger partial charge in [-0.2, -0.15) is 5.10 Å². The number of benzene rings is 1. The Balaban J connectivity index is 1.38. The number of carbonyl (C=O) groups excluding carboxylic acids is 4. The molecule has 3 heterocycles. The molecule has 10 nitrogen and oxygen atoms in total. The second-order valence-corrected chi connectivity index (χ2v) is 8.54. The Morgan fingerprint density at radius 3 is 2.47 bits per heavy atom. The number of methoxy groups -OCH3 is 1. The lowest BCUT2D eigenvalue weighted by molar-refractivity contribution is -0.145. The molecule has 1 saturated carbocycles. The summed E-state index contributed by atoms with van der Waals surface area (Å²) in [5.74, 6) is -1.19. The van der Waals surface area contributed by atoms with E-state index in [1.54, 1.807) is 31.4 Å². The predicted octanol–water partition coefficient (Wildman–Crippen LogP) is 2.70. The predicted molar refractivity (Wildman–Crippen MR) is 119 cm³/mol. The minimum atomic E-state index is -0.974. The highest BCUT2D eigenvalue weighted by Crippen LogP contribution is 2.34. The molecule has 34 heavy (non-hydrogen) atoms. The number of ether oxygens (including phenoxy) is 1. The van der Waals surface area contributed by atoms with Gasteiger partial charge in [-0.05, 0) is 54.8 Å². The molecule has 1 atom stereocenters. The molecule has 1 aromatic heterocycles. The molecule has 0 spiro atoms. The van der Waals surface area contributed by atoms with E-state index in [-0.39, 0.29) is 6.04 Å². The summed E-state index contributed by atoms with van der Waals surface area (Å²) in [6, 6.07) is 9.20. The minimum absolute atomic E-state index is 0.286. The van der Waals surface area contributed by atoms with Crippen molar-refractivity contribution in [2.24, 2.45) is 5.10 Å². The van der Waals surface area contributed by atoms with E-state index in [0.29, 0.717) is 36.5 Å². The van der Waals surface area contributed by atoms with Gasteiger partial charge in [-0.25, -0.2) is 14.7 Å². The maximum absolute atomic E-state index is 13.3. The molecule has 1 aromatic carbocycles. The van der Waals surface area contributed by atoms with Crippen molar-refractivity contribution in [1.29, 1.82) is 0 Å². The van der Waals surface area contributed by atoms with Gasteiger partial charge in [-0.3, -0.25) is 19.3 Å². The van der Waals surface area contributed by atoms with E-state index in [2.05, 4.69) is 5.10 Å². The number of hydrazone groups is 1. The lowest BCUT2D eigenvalue weighted by atomic mass is 10.0. The zero-order chi connectivity index (χ0) is 23.8. The van der Waals surface area contributed by atoms with Crippen LogP contribution < -0.4 is 4.74 Å². The van der Waals surface area contributed by atoms with E-state index in [0.717, 1.165) is 28.2 Å². The molecular weight excluding hydrogens is 440 g/mol. The summed E-state index contributed by atoms with van der Waals surface area (Å²) in [5.41, 5.74) is 1.46. The van der Waals surface area contributed by atoms with Crippen molar-refractivity contribution >= 4 is 29.5 Å². The van der Waals surface area contributed by atoms with E-state index >= 15 is 0 Å². The fraction of sp³-hybridized carbons (Fsp3) is 0.375. The third-order valence-corrected chi connectivity index (χ3v) is 6.53. The molecule has 2 aromatic rings. The van der Waals surface area contributed by atoms with Crippen LogP contribution in [0.1, 0.15) is 49.5 Å². The van der Waals surface area contributed by atoms with Gasteiger partial charge < -0.3 is 9.15 Å². The number of rotatable bonds is 6. The van der Waals surface area contributed by atoms with Crippen LogP contribution in [0.4, 0.5) is 4.79 Å². The number of carbonyl (C=O) groups is 4. The van der Waals surface area contributed by atoms with Crippen LogP contribution in [0.5, 0.6) is 5.75 Å². The van der Waals surface area contributed by atoms with Crippen molar-refractivity contribution in [3.8, 4) is 5.75 Å². The quantitative estimate of drug-likeness (QED) is 0.480. The molecule has 0 unspecified atom stereocenters. The first-order valence-electron chi connectivity index (χ1n) is 11.2. The maximum atomic E-state index is 13.3. The van der Waals surface area contributed by atoms with E-state index in [1.165, 1.54) is 11.3 Å². The number of imide groups is 2. The first kappa shape index (κ1) is 21.9. The SMILES string of the molecule is COc1ccc(C2=NN(C(=O)CN3C(=O)C(=O)N(C4CCCC4)C3=O)[C@H](c3ccco3)C2)cc1. The van der Waals surface area contributed by atoms with Gasteiger partial charge in [0, 0.05) is 12.5 Å². The maximum Gasteiger partial charge on any atom is 0.334 e. The number of hydrogen-bond donors (Lipinski definition) is 0. The van der Waals surface area contributed by atoms with Crippen LogP contribution in [0.15, 0.2) is 52.2 Å². The van der Waals surface area contributed by atoms with Crippen LogP contribution >= 0.6 is 0 Å². The van der Waals surface area contributed by atoms with Crippen LogP contribution in [0.25, 0.3) is 0 Å². The molecule has 5 amide bonds. The van der Waals surface area contributed by atoms with Crippen molar-refractivity contribution in [2.75, 3.05) is 13.7 Å². The Bertz CT molecular complexity index is 1150. The van der Waals surface area contributed by atoms with Crippen molar-refractivity contribution in [3.05, 3.63) is 54.0 Å². The number of furan rings is 1. The second kappa shape index (κ2) is 8.77. The molecule has 10 heteroatoms. The molecule has 2 aliphatic heterocycles. The summed E-state index contributed by atoms with van der Waals surface area (Å²) in [4.78, 5) is 53.0. The fourth-order valence-electron chi connectivity index (χ4n) is 4.75. The van der Waals surface area contributed by atoms with Crippen LogP contribution in [-0.4, -0.2) is 64.0 Å². The Morgan fingerprint density at radius 1 is 1.09 bits per heavy atom. The van der Waals surface area contributed by atoms with Gasteiger partial charge in [0.05, 0.1) is 19.1 Å². The van der Waals surface area contributed by atoms with Gasteiger partial charge >= 0.3 is 17.8 Å². The summed E-state index contributed by atoms with van der Waals surface area (Å²) in [6.07, 6.45) is 5.05. The number of urea groups is 1. The summed E-state index contributed by atoms with van der Waals surface area (Å²) in [6.45, 7) is -0.566. The number of amides is 5. The lowest BCUT2D eigenvalue weighted by Gasteiger charge is -2.23. The first-order valence-corrected chi connectivity index (χ1v) is 11.2. The smallest absolute Gasteiger partial charge is 0.334 e. The van der Waals surface area contributed by atoms with E-state index in [1.807, 2.05) is 12.1 Å². The van der Waals surface area contributed by atoms with E-state index < -0.39 is 36.3 Å². The summed E-state index contributed by atoms with van der Waals surface area (Å²) >= 11 is 0. The summed E-state index contributed by atoms with van der Waals surface area (Å²) in [5, 5.41) is 5.75. The van der Waals surface area contributed by atoms with Gasteiger partial charge in [0.15, 0.2) is 0 Å². The number of hydrogen-bond acceptors (Lipinski definition) is 7.